The molecule has 0 amide bonds. The Morgan fingerprint density at radius 1 is 0.529 bits per heavy atom. The van der Waals surface area contributed by atoms with Crippen LogP contribution in [0.25, 0.3) is 0 Å². The van der Waals surface area contributed by atoms with Crippen LogP contribution < -0.4 is 0 Å². The number of rotatable bonds is 0. The molecule has 4 saturated carbocycles. The molecule has 17 heavy (non-hydrogen) atoms. The van der Waals surface area contributed by atoms with E-state index < -0.39 is 0 Å². The lowest BCUT2D eigenvalue weighted by Crippen LogP contribution is -2.53. The minimum atomic E-state index is 0.285. The van der Waals surface area contributed by atoms with Gasteiger partial charge in [0.05, 0.1) is 13.2 Å². The summed E-state index contributed by atoms with van der Waals surface area (Å²) < 4.78 is 12.3. The molecule has 2 heteroatoms. The second kappa shape index (κ2) is 2.02. The van der Waals surface area contributed by atoms with Gasteiger partial charge in [0, 0.05) is 5.41 Å². The third-order valence-corrected chi connectivity index (χ3v) is 7.89. The molecule has 0 radical (unpaired) electrons. The Hall–Kier alpha value is -0.0800. The maximum Gasteiger partial charge on any atom is 0.101 e. The summed E-state index contributed by atoms with van der Waals surface area (Å²) in [6.45, 7) is 2.11. The fourth-order valence-corrected chi connectivity index (χ4v) is 7.44. The molecule has 0 aromatic carbocycles. The smallest absolute Gasteiger partial charge is 0.101 e. The van der Waals surface area contributed by atoms with Crippen LogP contribution in [-0.4, -0.2) is 24.4 Å². The van der Waals surface area contributed by atoms with Gasteiger partial charge in [-0.1, -0.05) is 0 Å². The number of hydrogen-bond donors (Lipinski definition) is 0. The van der Waals surface area contributed by atoms with Crippen molar-refractivity contribution < 1.29 is 9.47 Å². The molecule has 2 saturated heterocycles. The Kier molecular flexibility index (Phi) is 1.06. The maximum absolute atomic E-state index is 6.14. The fraction of sp³-hybridized carbons (Fsp3) is 1.00. The monoisotopic (exact) mass is 232 g/mol. The van der Waals surface area contributed by atoms with Crippen LogP contribution in [-0.2, 0) is 9.47 Å². The predicted octanol–water partition coefficient (Wildman–Crippen LogP) is 2.66. The molecule has 6 rings (SSSR count). The van der Waals surface area contributed by atoms with Gasteiger partial charge in [-0.3, -0.25) is 0 Å². The Morgan fingerprint density at radius 3 is 1.24 bits per heavy atom. The van der Waals surface area contributed by atoms with Gasteiger partial charge in [-0.2, -0.15) is 0 Å². The summed E-state index contributed by atoms with van der Waals surface area (Å²) in [4.78, 5) is 0. The lowest BCUT2D eigenvalue weighted by atomic mass is 9.56. The van der Waals surface area contributed by atoms with Gasteiger partial charge in [0.25, 0.3) is 0 Å². The molecule has 92 valence electrons. The zero-order valence-electron chi connectivity index (χ0n) is 10.4. The van der Waals surface area contributed by atoms with Gasteiger partial charge in [0.15, 0.2) is 0 Å². The van der Waals surface area contributed by atoms with Crippen LogP contribution in [0, 0.1) is 16.2 Å². The molecule has 2 heterocycles. The molecule has 6 aliphatic rings. The largest absolute Gasteiger partial charge is 0.369 e. The highest BCUT2D eigenvalue weighted by Crippen LogP contribution is 2.92. The third-order valence-electron chi connectivity index (χ3n) is 7.89. The summed E-state index contributed by atoms with van der Waals surface area (Å²) >= 11 is 0. The van der Waals surface area contributed by atoms with Crippen LogP contribution >= 0.6 is 0 Å². The minimum Gasteiger partial charge on any atom is -0.369 e. The molecule has 0 unspecified atom stereocenters. The first-order chi connectivity index (χ1) is 8.24. The van der Waals surface area contributed by atoms with Gasteiger partial charge in [-0.05, 0) is 62.2 Å². The lowest BCUT2D eigenvalue weighted by Gasteiger charge is -2.45. The fourth-order valence-electron chi connectivity index (χ4n) is 7.44. The van der Waals surface area contributed by atoms with Crippen LogP contribution in [0.15, 0.2) is 0 Å². The van der Waals surface area contributed by atoms with Crippen LogP contribution in [0.4, 0.5) is 0 Å². The first-order valence-corrected chi connectivity index (χ1v) is 7.52. The maximum atomic E-state index is 6.14. The highest BCUT2D eigenvalue weighted by molar-refractivity contribution is 5.42. The molecule has 2 nitrogen and oxygen atoms in total. The first-order valence-electron chi connectivity index (χ1n) is 7.52. The molecule has 4 aliphatic carbocycles. The molecular formula is C15H20O2. The van der Waals surface area contributed by atoms with E-state index in [1.54, 1.807) is 0 Å². The van der Waals surface area contributed by atoms with Gasteiger partial charge in [0.1, 0.15) is 11.2 Å². The average molecular weight is 232 g/mol. The zero-order valence-corrected chi connectivity index (χ0v) is 10.4. The van der Waals surface area contributed by atoms with E-state index in [0.29, 0.717) is 16.2 Å². The molecule has 0 aromatic rings. The van der Waals surface area contributed by atoms with Crippen molar-refractivity contribution in [2.75, 3.05) is 13.2 Å². The van der Waals surface area contributed by atoms with Crippen LogP contribution in [0.3, 0.4) is 0 Å². The Labute approximate surface area is 102 Å². The number of ether oxygens (including phenoxy) is 2. The second-order valence-electron chi connectivity index (χ2n) is 7.88. The quantitative estimate of drug-likeness (QED) is 0.600. The second-order valence-corrected chi connectivity index (χ2v) is 7.88. The van der Waals surface area contributed by atoms with E-state index in [-0.39, 0.29) is 11.2 Å². The van der Waals surface area contributed by atoms with E-state index in [1.807, 2.05) is 0 Å². The van der Waals surface area contributed by atoms with Crippen molar-refractivity contribution in [1.82, 2.24) is 0 Å². The van der Waals surface area contributed by atoms with Crippen molar-refractivity contribution in [3.63, 3.8) is 0 Å². The molecule has 0 N–H and O–H groups in total. The number of epoxide rings is 2. The Morgan fingerprint density at radius 2 is 0.882 bits per heavy atom. The van der Waals surface area contributed by atoms with Crippen molar-refractivity contribution in [1.29, 1.82) is 0 Å². The topological polar surface area (TPSA) is 25.1 Å². The molecule has 0 bridgehead atoms. The van der Waals surface area contributed by atoms with Gasteiger partial charge in [0.2, 0.25) is 0 Å². The van der Waals surface area contributed by atoms with E-state index in [2.05, 4.69) is 0 Å². The van der Waals surface area contributed by atoms with Crippen LogP contribution in [0.5, 0.6) is 0 Å². The summed E-state index contributed by atoms with van der Waals surface area (Å²) in [6.07, 6.45) is 11.5. The van der Waals surface area contributed by atoms with Gasteiger partial charge in [-0.15, -0.1) is 0 Å². The molecule has 2 aliphatic heterocycles. The summed E-state index contributed by atoms with van der Waals surface area (Å²) in [5, 5.41) is 0. The van der Waals surface area contributed by atoms with E-state index >= 15 is 0 Å². The zero-order chi connectivity index (χ0) is 11.0. The summed E-state index contributed by atoms with van der Waals surface area (Å²) in [6, 6.07) is 0. The third kappa shape index (κ3) is 0.596. The van der Waals surface area contributed by atoms with E-state index in [0.717, 1.165) is 13.2 Å². The SMILES string of the molecule is C1CC12CCC13CC[C@]4(CO4)C21[C@]1(CC3)CO1. The highest BCUT2D eigenvalue weighted by Gasteiger charge is 2.94. The summed E-state index contributed by atoms with van der Waals surface area (Å²) in [5.41, 5.74) is 2.34. The highest BCUT2D eigenvalue weighted by atomic mass is 16.6. The normalized spacial score (nSPS) is 67.8. The van der Waals surface area contributed by atoms with Crippen molar-refractivity contribution in [2.45, 2.75) is 62.6 Å². The predicted molar refractivity (Wildman–Crippen MR) is 61.6 cm³/mol. The van der Waals surface area contributed by atoms with Crippen LogP contribution in [0.1, 0.15) is 51.4 Å². The van der Waals surface area contributed by atoms with E-state index in [1.165, 1.54) is 51.4 Å². The van der Waals surface area contributed by atoms with Gasteiger partial charge in [-0.25, -0.2) is 0 Å². The van der Waals surface area contributed by atoms with E-state index in [9.17, 15) is 0 Å². The van der Waals surface area contributed by atoms with Gasteiger partial charge >= 0.3 is 0 Å². The average Bonchev–Trinajstić information content (AvgIpc) is 3.18. The molecule has 6 fully saturated rings. The molecular weight excluding hydrogens is 212 g/mol. The summed E-state index contributed by atoms with van der Waals surface area (Å²) in [5.74, 6) is 0. The Balaban J connectivity index is 1.72. The molecule has 0 aromatic heterocycles. The van der Waals surface area contributed by atoms with Crippen molar-refractivity contribution >= 4 is 0 Å². The summed E-state index contributed by atoms with van der Waals surface area (Å²) in [7, 11) is 0. The standard InChI is InChI=1S/C15H20O2/c1-2-11(1)3-4-12-5-7-13(9-16-13)15(11,12)14(8-6-12)10-17-14/h1-10H2/t12?,13-,14-,15?/m0/s1. The van der Waals surface area contributed by atoms with Gasteiger partial charge < -0.3 is 9.47 Å². The van der Waals surface area contributed by atoms with Crippen molar-refractivity contribution in [2.24, 2.45) is 16.2 Å². The lowest BCUT2D eigenvalue weighted by molar-refractivity contribution is -0.0420. The molecule has 2 atom stereocenters. The Bertz CT molecular complexity index is 377. The molecule has 3 spiro atoms. The van der Waals surface area contributed by atoms with Crippen molar-refractivity contribution in [3.05, 3.63) is 0 Å². The van der Waals surface area contributed by atoms with E-state index in [4.69, 9.17) is 9.47 Å². The minimum absolute atomic E-state index is 0.285. The first kappa shape index (κ1) is 8.92. The number of hydrogen-bond acceptors (Lipinski definition) is 2. The van der Waals surface area contributed by atoms with Crippen molar-refractivity contribution in [3.8, 4) is 0 Å². The van der Waals surface area contributed by atoms with Crippen LogP contribution in [0.2, 0.25) is 0 Å².